The van der Waals surface area contributed by atoms with Crippen molar-refractivity contribution in [2.24, 2.45) is 0 Å². The maximum Gasteiger partial charge on any atom is 0.319 e. The molecule has 1 aliphatic rings. The number of carbonyl (C=O) groups excluding carboxylic acids is 1. The first-order valence-electron chi connectivity index (χ1n) is 9.60. The third-order valence-electron chi connectivity index (χ3n) is 5.13. The fourth-order valence-electron chi connectivity index (χ4n) is 3.43. The number of likely N-dealkylation sites (N-methyl/N-ethyl adjacent to an activating group) is 1. The summed E-state index contributed by atoms with van der Waals surface area (Å²) in [6.07, 6.45) is 1.84. The van der Waals surface area contributed by atoms with E-state index >= 15 is 0 Å². The van der Waals surface area contributed by atoms with Crippen molar-refractivity contribution in [2.75, 3.05) is 43.4 Å². The van der Waals surface area contributed by atoms with Crippen LogP contribution in [-0.4, -0.2) is 49.1 Å². The number of rotatable bonds is 4. The van der Waals surface area contributed by atoms with Gasteiger partial charge in [-0.2, -0.15) is 0 Å². The van der Waals surface area contributed by atoms with Gasteiger partial charge in [-0.3, -0.25) is 0 Å². The molecule has 1 aromatic heterocycles. The number of nitrogens with one attached hydrogen (secondary N) is 2. The van der Waals surface area contributed by atoms with E-state index < -0.39 is 0 Å². The van der Waals surface area contributed by atoms with Crippen LogP contribution in [0.4, 0.5) is 16.3 Å². The van der Waals surface area contributed by atoms with Crippen molar-refractivity contribution in [1.29, 1.82) is 0 Å². The lowest BCUT2D eigenvalue weighted by Crippen LogP contribution is -2.44. The van der Waals surface area contributed by atoms with Gasteiger partial charge in [0.2, 0.25) is 0 Å². The minimum atomic E-state index is -0.223. The van der Waals surface area contributed by atoms with Crippen molar-refractivity contribution in [1.82, 2.24) is 15.2 Å². The van der Waals surface area contributed by atoms with E-state index in [0.29, 0.717) is 6.54 Å². The quantitative estimate of drug-likeness (QED) is 0.735. The number of anilines is 2. The number of benzene rings is 2. The number of carbonyl (C=O) groups is 1. The summed E-state index contributed by atoms with van der Waals surface area (Å²) < 4.78 is 0. The first-order chi connectivity index (χ1) is 13.7. The SMILES string of the molecule is CN1CCN(c2ccc(CNC(=O)Nc3cccc4ccccc34)cn2)CC1. The van der Waals surface area contributed by atoms with E-state index in [4.69, 9.17) is 0 Å². The molecule has 6 nitrogen and oxygen atoms in total. The number of fused-ring (bicyclic) bond motifs is 1. The summed E-state index contributed by atoms with van der Waals surface area (Å²) in [4.78, 5) is 21.5. The smallest absolute Gasteiger partial charge is 0.319 e. The Kier molecular flexibility index (Phi) is 5.39. The number of pyridine rings is 1. The van der Waals surface area contributed by atoms with Gasteiger partial charge in [-0.25, -0.2) is 9.78 Å². The van der Waals surface area contributed by atoms with Gasteiger partial charge in [0.15, 0.2) is 0 Å². The molecule has 4 rings (SSSR count). The van der Waals surface area contributed by atoms with Crippen molar-refractivity contribution in [3.8, 4) is 0 Å². The second-order valence-electron chi connectivity index (χ2n) is 7.15. The fraction of sp³-hybridized carbons (Fsp3) is 0.273. The van der Waals surface area contributed by atoms with Crippen LogP contribution in [0, 0.1) is 0 Å². The molecule has 1 saturated heterocycles. The number of amides is 2. The molecule has 0 saturated carbocycles. The lowest BCUT2D eigenvalue weighted by molar-refractivity contribution is 0.252. The van der Waals surface area contributed by atoms with E-state index in [0.717, 1.165) is 54.0 Å². The Labute approximate surface area is 165 Å². The maximum absolute atomic E-state index is 12.3. The Morgan fingerprint density at radius 3 is 2.57 bits per heavy atom. The number of piperazine rings is 1. The van der Waals surface area contributed by atoms with Crippen LogP contribution < -0.4 is 15.5 Å². The van der Waals surface area contributed by atoms with Gasteiger partial charge in [0.05, 0.1) is 5.69 Å². The summed E-state index contributed by atoms with van der Waals surface area (Å²) in [5.74, 6) is 0.997. The van der Waals surface area contributed by atoms with E-state index in [1.54, 1.807) is 0 Å². The highest BCUT2D eigenvalue weighted by atomic mass is 16.2. The van der Waals surface area contributed by atoms with Crippen molar-refractivity contribution >= 4 is 28.3 Å². The summed E-state index contributed by atoms with van der Waals surface area (Å²) in [6.45, 7) is 4.54. The summed E-state index contributed by atoms with van der Waals surface area (Å²) >= 11 is 0. The second kappa shape index (κ2) is 8.27. The van der Waals surface area contributed by atoms with E-state index in [9.17, 15) is 4.79 Å². The molecule has 0 radical (unpaired) electrons. The first kappa shape index (κ1) is 18.3. The second-order valence-corrected chi connectivity index (χ2v) is 7.15. The average Bonchev–Trinajstić information content (AvgIpc) is 2.74. The molecule has 2 aromatic carbocycles. The third-order valence-corrected chi connectivity index (χ3v) is 5.13. The molecule has 0 atom stereocenters. The van der Waals surface area contributed by atoms with Gasteiger partial charge in [0.25, 0.3) is 0 Å². The number of hydrogen-bond donors (Lipinski definition) is 2. The van der Waals surface area contributed by atoms with E-state index in [-0.39, 0.29) is 6.03 Å². The van der Waals surface area contributed by atoms with Crippen LogP contribution in [0.15, 0.2) is 60.8 Å². The molecule has 144 valence electrons. The number of hydrogen-bond acceptors (Lipinski definition) is 4. The van der Waals surface area contributed by atoms with Crippen LogP contribution in [0.3, 0.4) is 0 Å². The predicted molar refractivity (Wildman–Crippen MR) is 114 cm³/mol. The molecular weight excluding hydrogens is 350 g/mol. The Morgan fingerprint density at radius 1 is 1.00 bits per heavy atom. The third kappa shape index (κ3) is 4.23. The van der Waals surface area contributed by atoms with Gasteiger partial charge >= 0.3 is 6.03 Å². The molecule has 2 N–H and O–H groups in total. The fourth-order valence-corrected chi connectivity index (χ4v) is 3.43. The highest BCUT2D eigenvalue weighted by Gasteiger charge is 2.15. The molecule has 2 heterocycles. The lowest BCUT2D eigenvalue weighted by Gasteiger charge is -2.33. The van der Waals surface area contributed by atoms with Crippen LogP contribution in [0.25, 0.3) is 10.8 Å². The highest BCUT2D eigenvalue weighted by molar-refractivity contribution is 6.01. The van der Waals surface area contributed by atoms with Crippen molar-refractivity contribution in [3.63, 3.8) is 0 Å². The van der Waals surface area contributed by atoms with Crippen molar-refractivity contribution in [3.05, 3.63) is 66.4 Å². The van der Waals surface area contributed by atoms with E-state index in [1.807, 2.05) is 60.8 Å². The molecule has 0 aliphatic carbocycles. The number of urea groups is 1. The molecule has 1 aliphatic heterocycles. The van der Waals surface area contributed by atoms with Gasteiger partial charge in [-0.1, -0.05) is 42.5 Å². The largest absolute Gasteiger partial charge is 0.354 e. The van der Waals surface area contributed by atoms with Crippen LogP contribution >= 0.6 is 0 Å². The first-order valence-corrected chi connectivity index (χ1v) is 9.60. The van der Waals surface area contributed by atoms with Crippen LogP contribution in [0.2, 0.25) is 0 Å². The molecule has 0 bridgehead atoms. The monoisotopic (exact) mass is 375 g/mol. The zero-order chi connectivity index (χ0) is 19.3. The topological polar surface area (TPSA) is 60.5 Å². The highest BCUT2D eigenvalue weighted by Crippen LogP contribution is 2.22. The molecule has 6 heteroatoms. The van der Waals surface area contributed by atoms with E-state index in [1.165, 1.54) is 0 Å². The van der Waals surface area contributed by atoms with Crippen molar-refractivity contribution < 1.29 is 4.79 Å². The normalized spacial score (nSPS) is 14.8. The standard InChI is InChI=1S/C22H25N5O/c1-26-11-13-27(14-12-26)21-10-9-17(15-23-21)16-24-22(28)25-20-8-4-6-18-5-2-3-7-19(18)20/h2-10,15H,11-14,16H2,1H3,(H2,24,25,28). The van der Waals surface area contributed by atoms with Gasteiger partial charge in [-0.05, 0) is 30.1 Å². The zero-order valence-corrected chi connectivity index (χ0v) is 16.1. The lowest BCUT2D eigenvalue weighted by atomic mass is 10.1. The van der Waals surface area contributed by atoms with Crippen molar-refractivity contribution in [2.45, 2.75) is 6.54 Å². The maximum atomic E-state index is 12.3. The van der Waals surface area contributed by atoms with Crippen LogP contribution in [0.1, 0.15) is 5.56 Å². The molecular formula is C22H25N5O. The Bertz CT molecular complexity index is 943. The zero-order valence-electron chi connectivity index (χ0n) is 16.1. The minimum absolute atomic E-state index is 0.223. The average molecular weight is 375 g/mol. The van der Waals surface area contributed by atoms with Gasteiger partial charge in [-0.15, -0.1) is 0 Å². The van der Waals surface area contributed by atoms with Crippen LogP contribution in [0.5, 0.6) is 0 Å². The Balaban J connectivity index is 1.33. The summed E-state index contributed by atoms with van der Waals surface area (Å²) in [6, 6.07) is 17.7. The molecule has 0 spiro atoms. The summed E-state index contributed by atoms with van der Waals surface area (Å²) in [5, 5.41) is 7.97. The van der Waals surface area contributed by atoms with Crippen LogP contribution in [-0.2, 0) is 6.54 Å². The molecule has 2 amide bonds. The van der Waals surface area contributed by atoms with Gasteiger partial charge in [0.1, 0.15) is 5.82 Å². The van der Waals surface area contributed by atoms with Gasteiger partial charge < -0.3 is 20.4 Å². The molecule has 1 fully saturated rings. The Hall–Kier alpha value is -3.12. The Morgan fingerprint density at radius 2 is 1.79 bits per heavy atom. The molecule has 3 aromatic rings. The number of nitrogens with zero attached hydrogens (tertiary/aromatic N) is 3. The van der Waals surface area contributed by atoms with E-state index in [2.05, 4.69) is 32.5 Å². The predicted octanol–water partition coefficient (Wildman–Crippen LogP) is 3.31. The van der Waals surface area contributed by atoms with Gasteiger partial charge in [0, 0.05) is 44.3 Å². The summed E-state index contributed by atoms with van der Waals surface area (Å²) in [5.41, 5.74) is 1.78. The molecule has 0 unspecified atom stereocenters. The minimum Gasteiger partial charge on any atom is -0.354 e. The summed E-state index contributed by atoms with van der Waals surface area (Å²) in [7, 11) is 2.14. The molecule has 28 heavy (non-hydrogen) atoms. The number of aromatic nitrogens is 1.